The zero-order valence-electron chi connectivity index (χ0n) is 21.6. The number of rotatable bonds is 6. The number of methoxy groups -OCH3 is 2. The van der Waals surface area contributed by atoms with E-state index in [2.05, 4.69) is 0 Å². The van der Waals surface area contributed by atoms with Crippen LogP contribution in [0.5, 0.6) is 28.7 Å². The van der Waals surface area contributed by atoms with Crippen molar-refractivity contribution in [2.24, 2.45) is 0 Å². The van der Waals surface area contributed by atoms with Crippen molar-refractivity contribution in [1.29, 1.82) is 0 Å². The highest BCUT2D eigenvalue weighted by atomic mass is 16.7. The molecule has 0 aliphatic carbocycles. The van der Waals surface area contributed by atoms with Crippen LogP contribution in [0.25, 0.3) is 21.9 Å². The number of carbonyl (C=O) groups is 1. The van der Waals surface area contributed by atoms with Gasteiger partial charge in [0.15, 0.2) is 23.0 Å². The first-order valence-electron chi connectivity index (χ1n) is 12.4. The van der Waals surface area contributed by atoms with Gasteiger partial charge in [0.25, 0.3) is 0 Å². The van der Waals surface area contributed by atoms with E-state index in [0.717, 1.165) is 0 Å². The molecule has 3 aromatic carbocycles. The fraction of sp³-hybridized carbons (Fsp3) is 0.393. The summed E-state index contributed by atoms with van der Waals surface area (Å²) in [5, 5.41) is 32.7. The van der Waals surface area contributed by atoms with E-state index in [1.54, 1.807) is 31.2 Å². The normalized spacial score (nSPS) is 25.4. The Bertz CT molecular complexity index is 1470. The van der Waals surface area contributed by atoms with Gasteiger partial charge in [-0.05, 0) is 42.1 Å². The van der Waals surface area contributed by atoms with Crippen LogP contribution >= 0.6 is 0 Å². The number of esters is 1. The molecule has 4 atom stereocenters. The molecule has 6 rings (SSSR count). The standard InChI is InChI=1S/C28H28O11/c1-13-9-28(32,11-29)25(30)27(38-13)39-24-16-8-20(34-3)19(33-2)7-15(16)22(23-17(24)10-35-26(23)31)14-4-5-18-21(6-14)37-12-36-18/h4-8,13,25,27,29-30,32H,9-12H2,1-3H3/t13?,25?,27-,28?/m0/s1. The van der Waals surface area contributed by atoms with Crippen LogP contribution < -0.4 is 23.7 Å². The summed E-state index contributed by atoms with van der Waals surface area (Å²) in [6.07, 6.45) is -3.44. The zero-order valence-corrected chi connectivity index (χ0v) is 21.6. The summed E-state index contributed by atoms with van der Waals surface area (Å²) >= 11 is 0. The van der Waals surface area contributed by atoms with Crippen LogP contribution in [0, 0.1) is 0 Å². The van der Waals surface area contributed by atoms with Gasteiger partial charge >= 0.3 is 5.97 Å². The van der Waals surface area contributed by atoms with Crippen LogP contribution in [0.15, 0.2) is 30.3 Å². The Morgan fingerprint density at radius 3 is 2.44 bits per heavy atom. The quantitative estimate of drug-likeness (QED) is 0.397. The third-order valence-electron chi connectivity index (χ3n) is 7.40. The predicted octanol–water partition coefficient (Wildman–Crippen LogP) is 2.52. The van der Waals surface area contributed by atoms with Gasteiger partial charge in [0.2, 0.25) is 13.1 Å². The molecule has 0 bridgehead atoms. The molecule has 3 aliphatic heterocycles. The summed E-state index contributed by atoms with van der Waals surface area (Å²) in [4.78, 5) is 13.2. The highest BCUT2D eigenvalue weighted by Crippen LogP contribution is 2.50. The average molecular weight is 541 g/mol. The van der Waals surface area contributed by atoms with E-state index in [1.165, 1.54) is 14.2 Å². The molecule has 1 fully saturated rings. The van der Waals surface area contributed by atoms with Crippen LogP contribution in [0.3, 0.4) is 0 Å². The number of carbonyl (C=O) groups excluding carboxylic acids is 1. The van der Waals surface area contributed by atoms with Gasteiger partial charge in [0.1, 0.15) is 24.1 Å². The maximum Gasteiger partial charge on any atom is 0.339 e. The second-order valence-corrected chi connectivity index (χ2v) is 9.80. The Hall–Kier alpha value is -3.77. The molecule has 3 unspecified atom stereocenters. The summed E-state index contributed by atoms with van der Waals surface area (Å²) in [7, 11) is 3.01. The van der Waals surface area contributed by atoms with Gasteiger partial charge < -0.3 is 48.5 Å². The highest BCUT2D eigenvalue weighted by Gasteiger charge is 2.49. The summed E-state index contributed by atoms with van der Waals surface area (Å²) in [6, 6.07) is 8.82. The Kier molecular flexibility index (Phi) is 6.18. The van der Waals surface area contributed by atoms with Crippen molar-refractivity contribution in [3.63, 3.8) is 0 Å². The Morgan fingerprint density at radius 2 is 1.72 bits per heavy atom. The lowest BCUT2D eigenvalue weighted by Crippen LogP contribution is -2.60. The highest BCUT2D eigenvalue weighted by molar-refractivity contribution is 6.14. The van der Waals surface area contributed by atoms with Crippen LogP contribution in [0.4, 0.5) is 0 Å². The largest absolute Gasteiger partial charge is 0.493 e. The number of ether oxygens (including phenoxy) is 7. The minimum absolute atomic E-state index is 0.0129. The Balaban J connectivity index is 1.61. The molecule has 3 aliphatic rings. The minimum Gasteiger partial charge on any atom is -0.493 e. The number of fused-ring (bicyclic) bond motifs is 3. The van der Waals surface area contributed by atoms with Gasteiger partial charge in [-0.25, -0.2) is 4.79 Å². The molecule has 0 spiro atoms. The van der Waals surface area contributed by atoms with Crippen LogP contribution in [0.2, 0.25) is 0 Å². The van der Waals surface area contributed by atoms with Gasteiger partial charge in [-0.2, -0.15) is 0 Å². The van der Waals surface area contributed by atoms with Gasteiger partial charge in [0.05, 0.1) is 32.5 Å². The summed E-state index contributed by atoms with van der Waals surface area (Å²) in [5.74, 6) is 1.62. The SMILES string of the molecule is COc1cc2c(O[C@@H]3OC(C)CC(O)(CO)C3O)c3c(c(-c4ccc5c(c4)OCO5)c2cc1OC)C(=O)OC3. The van der Waals surface area contributed by atoms with E-state index in [9.17, 15) is 20.1 Å². The van der Waals surface area contributed by atoms with Crippen molar-refractivity contribution in [3.8, 4) is 39.9 Å². The van der Waals surface area contributed by atoms with Crippen LogP contribution in [-0.2, 0) is 16.1 Å². The molecule has 11 nitrogen and oxygen atoms in total. The molecule has 0 radical (unpaired) electrons. The lowest BCUT2D eigenvalue weighted by molar-refractivity contribution is -0.273. The molecule has 3 N–H and O–H groups in total. The Morgan fingerprint density at radius 1 is 1.00 bits per heavy atom. The van der Waals surface area contributed by atoms with E-state index in [4.69, 9.17) is 33.2 Å². The summed E-state index contributed by atoms with van der Waals surface area (Å²) in [5.41, 5.74) is 0.129. The molecule has 11 heteroatoms. The fourth-order valence-electron chi connectivity index (χ4n) is 5.48. The molecule has 0 amide bonds. The van der Waals surface area contributed by atoms with Crippen molar-refractivity contribution in [3.05, 3.63) is 41.5 Å². The lowest BCUT2D eigenvalue weighted by Gasteiger charge is -2.43. The number of aliphatic hydroxyl groups is 3. The molecule has 3 aromatic rings. The smallest absolute Gasteiger partial charge is 0.339 e. The van der Waals surface area contributed by atoms with Gasteiger partial charge in [-0.3, -0.25) is 0 Å². The monoisotopic (exact) mass is 540 g/mol. The van der Waals surface area contributed by atoms with E-state index >= 15 is 0 Å². The topological polar surface area (TPSA) is 142 Å². The second-order valence-electron chi connectivity index (χ2n) is 9.80. The van der Waals surface area contributed by atoms with Gasteiger partial charge in [-0.1, -0.05) is 6.07 Å². The van der Waals surface area contributed by atoms with Crippen molar-refractivity contribution < 1.29 is 53.3 Å². The number of hydrogen-bond donors (Lipinski definition) is 3. The number of benzene rings is 3. The van der Waals surface area contributed by atoms with E-state index < -0.39 is 36.7 Å². The lowest BCUT2D eigenvalue weighted by atomic mass is 9.87. The van der Waals surface area contributed by atoms with Crippen LogP contribution in [-0.4, -0.2) is 73.0 Å². The average Bonchev–Trinajstić information content (AvgIpc) is 3.56. The van der Waals surface area contributed by atoms with Crippen molar-refractivity contribution in [1.82, 2.24) is 0 Å². The van der Waals surface area contributed by atoms with E-state index in [1.807, 2.05) is 6.07 Å². The maximum atomic E-state index is 13.2. The minimum atomic E-state index is -1.83. The van der Waals surface area contributed by atoms with Crippen LogP contribution in [0.1, 0.15) is 29.3 Å². The summed E-state index contributed by atoms with van der Waals surface area (Å²) in [6.45, 7) is 1.03. The molecule has 0 aromatic heterocycles. The van der Waals surface area contributed by atoms with Crippen molar-refractivity contribution >= 4 is 16.7 Å². The molecule has 1 saturated heterocycles. The van der Waals surface area contributed by atoms with Gasteiger partial charge in [0, 0.05) is 22.9 Å². The van der Waals surface area contributed by atoms with Crippen molar-refractivity contribution in [2.75, 3.05) is 27.6 Å². The predicted molar refractivity (Wildman–Crippen MR) is 135 cm³/mol. The summed E-state index contributed by atoms with van der Waals surface area (Å²) < 4.78 is 39.7. The molecular weight excluding hydrogens is 512 g/mol. The number of aliphatic hydroxyl groups excluding tert-OH is 2. The number of cyclic esters (lactones) is 1. The molecule has 3 heterocycles. The first-order valence-corrected chi connectivity index (χ1v) is 12.4. The fourth-order valence-corrected chi connectivity index (χ4v) is 5.48. The zero-order chi connectivity index (χ0) is 27.5. The maximum absolute atomic E-state index is 13.2. The molecular formula is C28H28O11. The first kappa shape index (κ1) is 25.5. The molecule has 39 heavy (non-hydrogen) atoms. The Labute approximate surface area is 223 Å². The third-order valence-corrected chi connectivity index (χ3v) is 7.40. The molecule has 0 saturated carbocycles. The van der Waals surface area contributed by atoms with E-state index in [-0.39, 0.29) is 31.1 Å². The second kappa shape index (κ2) is 9.45. The van der Waals surface area contributed by atoms with Gasteiger partial charge in [-0.15, -0.1) is 0 Å². The molecule has 206 valence electrons. The number of hydrogen-bond acceptors (Lipinski definition) is 11. The third kappa shape index (κ3) is 4.00. The first-order chi connectivity index (χ1) is 18.8. The van der Waals surface area contributed by atoms with Crippen molar-refractivity contribution in [2.45, 2.75) is 44.1 Å². The van der Waals surface area contributed by atoms with E-state index in [0.29, 0.717) is 50.5 Å².